The molecule has 2 heterocycles. The lowest BCUT2D eigenvalue weighted by Gasteiger charge is -2.31. The van der Waals surface area contributed by atoms with Crippen LogP contribution >= 0.6 is 0 Å². The van der Waals surface area contributed by atoms with E-state index in [9.17, 15) is 23.5 Å². The summed E-state index contributed by atoms with van der Waals surface area (Å²) in [4.78, 5) is 25.7. The van der Waals surface area contributed by atoms with Crippen LogP contribution < -0.4 is 16.1 Å². The summed E-state index contributed by atoms with van der Waals surface area (Å²) < 4.78 is 30.6. The zero-order valence-electron chi connectivity index (χ0n) is 15.3. The fourth-order valence-corrected chi connectivity index (χ4v) is 3.85. The van der Waals surface area contributed by atoms with E-state index in [2.05, 4.69) is 0 Å². The zero-order valence-corrected chi connectivity index (χ0v) is 15.3. The number of carbonyl (C=O) groups is 1. The van der Waals surface area contributed by atoms with Crippen molar-refractivity contribution in [3.05, 3.63) is 51.3 Å². The second-order valence-corrected chi connectivity index (χ2v) is 7.37. The number of aromatic nitrogens is 1. The summed E-state index contributed by atoms with van der Waals surface area (Å²) in [5.74, 6) is -2.32. The SMILES string of the molecule is NC/C(F)=C1\CCCN(c2cc3c(cc2F)c(=O)c(C(=O)O)cn3C2CC2)C1. The van der Waals surface area contributed by atoms with Gasteiger partial charge in [-0.3, -0.25) is 4.79 Å². The van der Waals surface area contributed by atoms with E-state index in [1.807, 2.05) is 0 Å². The first-order valence-corrected chi connectivity index (χ1v) is 9.33. The Morgan fingerprint density at radius 1 is 1.32 bits per heavy atom. The van der Waals surface area contributed by atoms with Crippen molar-refractivity contribution in [1.82, 2.24) is 4.57 Å². The summed E-state index contributed by atoms with van der Waals surface area (Å²) >= 11 is 0. The first-order chi connectivity index (χ1) is 13.4. The minimum absolute atomic E-state index is 0.0500. The topological polar surface area (TPSA) is 88.6 Å². The number of hydrogen-bond donors (Lipinski definition) is 2. The summed E-state index contributed by atoms with van der Waals surface area (Å²) in [6.07, 6.45) is 4.36. The van der Waals surface area contributed by atoms with Gasteiger partial charge in [0.25, 0.3) is 0 Å². The van der Waals surface area contributed by atoms with Gasteiger partial charge in [0.1, 0.15) is 17.2 Å². The van der Waals surface area contributed by atoms with Crippen LogP contribution in [0.4, 0.5) is 14.5 Å². The Kier molecular flexibility index (Phi) is 4.66. The lowest BCUT2D eigenvalue weighted by atomic mass is 10.0. The molecule has 0 bridgehead atoms. The van der Waals surface area contributed by atoms with Gasteiger partial charge in [-0.25, -0.2) is 13.6 Å². The zero-order chi connectivity index (χ0) is 20.0. The maximum absolute atomic E-state index is 14.9. The van der Waals surface area contributed by atoms with E-state index < -0.39 is 17.2 Å². The number of fused-ring (bicyclic) bond motifs is 1. The van der Waals surface area contributed by atoms with Gasteiger partial charge >= 0.3 is 5.97 Å². The van der Waals surface area contributed by atoms with Gasteiger partial charge in [0.05, 0.1) is 11.2 Å². The second kappa shape index (κ2) is 7.01. The second-order valence-electron chi connectivity index (χ2n) is 7.37. The Morgan fingerprint density at radius 3 is 2.71 bits per heavy atom. The van der Waals surface area contributed by atoms with E-state index in [-0.39, 0.29) is 41.6 Å². The summed E-state index contributed by atoms with van der Waals surface area (Å²) in [5, 5.41) is 9.37. The number of piperidine rings is 1. The molecule has 3 N–H and O–H groups in total. The predicted molar refractivity (Wildman–Crippen MR) is 102 cm³/mol. The molecule has 2 fully saturated rings. The molecule has 0 atom stereocenters. The molecular formula is C20H21F2N3O3. The largest absolute Gasteiger partial charge is 0.477 e. The molecule has 2 aromatic rings. The molecular weight excluding hydrogens is 368 g/mol. The number of hydrogen-bond acceptors (Lipinski definition) is 4. The summed E-state index contributed by atoms with van der Waals surface area (Å²) in [6, 6.07) is 2.79. The van der Waals surface area contributed by atoms with Gasteiger partial charge < -0.3 is 20.3 Å². The van der Waals surface area contributed by atoms with Crippen LogP contribution in [-0.2, 0) is 0 Å². The van der Waals surface area contributed by atoms with Gasteiger partial charge in [0, 0.05) is 37.3 Å². The van der Waals surface area contributed by atoms with Crippen LogP contribution in [0, 0.1) is 5.82 Å². The van der Waals surface area contributed by atoms with E-state index in [4.69, 9.17) is 5.73 Å². The lowest BCUT2D eigenvalue weighted by Crippen LogP contribution is -2.33. The molecule has 1 aliphatic carbocycles. The Labute approximate surface area is 159 Å². The van der Waals surface area contributed by atoms with Crippen molar-refractivity contribution in [3.8, 4) is 0 Å². The number of pyridine rings is 1. The summed E-state index contributed by atoms with van der Waals surface area (Å²) in [6.45, 7) is 0.625. The van der Waals surface area contributed by atoms with Gasteiger partial charge in [0.15, 0.2) is 0 Å². The van der Waals surface area contributed by atoms with E-state index in [0.29, 0.717) is 30.5 Å². The number of aromatic carboxylic acids is 1. The molecule has 6 nitrogen and oxygen atoms in total. The maximum atomic E-state index is 14.9. The highest BCUT2D eigenvalue weighted by atomic mass is 19.1. The summed E-state index contributed by atoms with van der Waals surface area (Å²) in [5.41, 5.74) is 5.69. The third-order valence-corrected chi connectivity index (χ3v) is 5.46. The molecule has 8 heteroatoms. The van der Waals surface area contributed by atoms with Gasteiger partial charge in [-0.15, -0.1) is 0 Å². The standard InChI is InChI=1S/C20H21F2N3O3/c21-15-6-13-17(25(12-3-4-12)10-14(19(13)26)20(27)28)7-18(15)24-5-1-2-11(9-24)16(22)8-23/h6-7,10,12H,1-5,8-9,23H2,(H,27,28)/b16-11-. The maximum Gasteiger partial charge on any atom is 0.341 e. The fourth-order valence-electron chi connectivity index (χ4n) is 3.85. The van der Waals surface area contributed by atoms with Crippen molar-refractivity contribution in [2.45, 2.75) is 31.7 Å². The molecule has 1 aliphatic heterocycles. The average molecular weight is 389 g/mol. The van der Waals surface area contributed by atoms with Gasteiger partial charge in [-0.1, -0.05) is 0 Å². The molecule has 1 saturated carbocycles. The highest BCUT2D eigenvalue weighted by Gasteiger charge is 2.28. The van der Waals surface area contributed by atoms with Crippen LogP contribution in [0.3, 0.4) is 0 Å². The summed E-state index contributed by atoms with van der Waals surface area (Å²) in [7, 11) is 0. The quantitative estimate of drug-likeness (QED) is 0.839. The van der Waals surface area contributed by atoms with Crippen LogP contribution in [0.15, 0.2) is 34.5 Å². The fraction of sp³-hybridized carbons (Fsp3) is 0.400. The lowest BCUT2D eigenvalue weighted by molar-refractivity contribution is 0.0695. The van der Waals surface area contributed by atoms with Gasteiger partial charge in [-0.05, 0) is 43.4 Å². The van der Waals surface area contributed by atoms with Crippen LogP contribution in [0.2, 0.25) is 0 Å². The van der Waals surface area contributed by atoms with Crippen molar-refractivity contribution >= 4 is 22.6 Å². The number of benzene rings is 1. The molecule has 0 spiro atoms. The number of nitrogens with two attached hydrogens (primary N) is 1. The molecule has 1 saturated heterocycles. The number of carboxylic acids is 1. The van der Waals surface area contributed by atoms with Crippen molar-refractivity contribution in [3.63, 3.8) is 0 Å². The van der Waals surface area contributed by atoms with Crippen molar-refractivity contribution in [2.24, 2.45) is 5.73 Å². The Morgan fingerprint density at radius 2 is 2.07 bits per heavy atom. The molecule has 148 valence electrons. The monoisotopic (exact) mass is 389 g/mol. The van der Waals surface area contributed by atoms with E-state index in [0.717, 1.165) is 18.9 Å². The Balaban J connectivity index is 1.86. The number of nitrogens with zero attached hydrogens (tertiary/aromatic N) is 2. The molecule has 1 aromatic heterocycles. The molecule has 0 amide bonds. The van der Waals surface area contributed by atoms with E-state index in [1.54, 1.807) is 15.5 Å². The highest BCUT2D eigenvalue weighted by Crippen LogP contribution is 2.38. The molecule has 1 aromatic carbocycles. The number of halogens is 2. The Bertz CT molecular complexity index is 1060. The Hall–Kier alpha value is -2.74. The predicted octanol–water partition coefficient (Wildman–Crippen LogP) is 2.96. The molecule has 0 unspecified atom stereocenters. The van der Waals surface area contributed by atoms with Crippen molar-refractivity contribution in [1.29, 1.82) is 0 Å². The third-order valence-electron chi connectivity index (χ3n) is 5.46. The minimum atomic E-state index is -1.33. The van der Waals surface area contributed by atoms with Gasteiger partial charge in [0.2, 0.25) is 5.43 Å². The van der Waals surface area contributed by atoms with E-state index in [1.165, 1.54) is 6.20 Å². The highest BCUT2D eigenvalue weighted by molar-refractivity contribution is 5.93. The average Bonchev–Trinajstić information content (AvgIpc) is 3.52. The number of anilines is 1. The normalized spacial score (nSPS) is 19.2. The van der Waals surface area contributed by atoms with Gasteiger partial charge in [-0.2, -0.15) is 0 Å². The smallest absolute Gasteiger partial charge is 0.341 e. The molecule has 4 rings (SSSR count). The first kappa shape index (κ1) is 18.6. The van der Waals surface area contributed by atoms with Crippen LogP contribution in [0.25, 0.3) is 10.9 Å². The first-order valence-electron chi connectivity index (χ1n) is 9.33. The third kappa shape index (κ3) is 3.17. The molecule has 0 radical (unpaired) electrons. The van der Waals surface area contributed by atoms with E-state index >= 15 is 0 Å². The molecule has 2 aliphatic rings. The van der Waals surface area contributed by atoms with Crippen LogP contribution in [0.1, 0.15) is 42.1 Å². The number of rotatable bonds is 4. The van der Waals surface area contributed by atoms with Crippen molar-refractivity contribution < 1.29 is 18.7 Å². The molecule has 28 heavy (non-hydrogen) atoms. The van der Waals surface area contributed by atoms with Crippen molar-refractivity contribution in [2.75, 3.05) is 24.5 Å². The van der Waals surface area contributed by atoms with Crippen LogP contribution in [-0.4, -0.2) is 35.3 Å². The van der Waals surface area contributed by atoms with Crippen LogP contribution in [0.5, 0.6) is 0 Å². The minimum Gasteiger partial charge on any atom is -0.477 e. The number of carboxylic acid groups (broad SMARTS) is 1.